The van der Waals surface area contributed by atoms with E-state index >= 15 is 0 Å². The third kappa shape index (κ3) is 4.02. The Hall–Kier alpha value is -3.51. The molecule has 0 spiro atoms. The van der Waals surface area contributed by atoms with E-state index in [4.69, 9.17) is 4.74 Å². The highest BCUT2D eigenvalue weighted by Crippen LogP contribution is 2.44. The normalized spacial score (nSPS) is 18.0. The summed E-state index contributed by atoms with van der Waals surface area (Å²) in [5.74, 6) is -0.180. The molecule has 0 fully saturated rings. The Morgan fingerprint density at radius 1 is 1.21 bits per heavy atom. The Morgan fingerprint density at radius 3 is 2.64 bits per heavy atom. The van der Waals surface area contributed by atoms with Gasteiger partial charge in [0.15, 0.2) is 5.72 Å². The molecule has 0 saturated heterocycles. The molecule has 2 N–H and O–H groups in total. The first kappa shape index (κ1) is 22.7. The maximum atomic E-state index is 13.3. The van der Waals surface area contributed by atoms with Gasteiger partial charge in [-0.05, 0) is 24.6 Å². The average Bonchev–Trinajstić information content (AvgIpc) is 3.27. The lowest BCUT2D eigenvalue weighted by Crippen LogP contribution is -2.45. The summed E-state index contributed by atoms with van der Waals surface area (Å²) in [6.45, 7) is -0.210. The van der Waals surface area contributed by atoms with Gasteiger partial charge in [0.1, 0.15) is 18.0 Å². The van der Waals surface area contributed by atoms with E-state index in [2.05, 4.69) is 15.1 Å². The lowest BCUT2D eigenvalue weighted by molar-refractivity contribution is -0.142. The van der Waals surface area contributed by atoms with Gasteiger partial charge >= 0.3 is 6.18 Å². The number of hydrogen-bond acceptors (Lipinski definition) is 7. The predicted octanol–water partition coefficient (Wildman–Crippen LogP) is 2.41. The van der Waals surface area contributed by atoms with Crippen LogP contribution < -0.4 is 9.64 Å². The van der Waals surface area contributed by atoms with Crippen molar-refractivity contribution in [2.75, 3.05) is 18.6 Å². The number of aryl methyl sites for hydroxylation is 1. The van der Waals surface area contributed by atoms with Crippen molar-refractivity contribution in [1.29, 1.82) is 0 Å². The molecule has 4 rings (SSSR count). The van der Waals surface area contributed by atoms with E-state index in [9.17, 15) is 28.2 Å². The predicted molar refractivity (Wildman–Crippen MR) is 109 cm³/mol. The highest BCUT2D eigenvalue weighted by Gasteiger charge is 2.52. The molecule has 3 aromatic rings. The summed E-state index contributed by atoms with van der Waals surface area (Å²) in [5.41, 5.74) is -0.601. The summed E-state index contributed by atoms with van der Waals surface area (Å²) in [7, 11) is 1.48. The van der Waals surface area contributed by atoms with Crippen molar-refractivity contribution in [2.24, 2.45) is 0 Å². The zero-order valence-corrected chi connectivity index (χ0v) is 17.7. The number of anilines is 1. The first-order valence-corrected chi connectivity index (χ1v) is 9.86. The number of halogens is 3. The molecule has 174 valence electrons. The summed E-state index contributed by atoms with van der Waals surface area (Å²) >= 11 is 0. The van der Waals surface area contributed by atoms with E-state index in [1.54, 1.807) is 19.1 Å². The molecule has 1 atom stereocenters. The molecule has 1 unspecified atom stereocenters. The maximum absolute atomic E-state index is 13.3. The Labute approximate surface area is 186 Å². The number of carbonyl (C=O) groups is 1. The number of aromatic nitrogens is 4. The number of aliphatic hydroxyl groups excluding tert-OH is 1. The number of amides is 1. The minimum absolute atomic E-state index is 0.0112. The lowest BCUT2D eigenvalue weighted by Gasteiger charge is -2.32. The van der Waals surface area contributed by atoms with Crippen LogP contribution in [-0.4, -0.2) is 55.8 Å². The first-order chi connectivity index (χ1) is 15.6. The van der Waals surface area contributed by atoms with E-state index in [0.717, 1.165) is 17.3 Å². The van der Waals surface area contributed by atoms with Gasteiger partial charge in [-0.3, -0.25) is 19.4 Å². The van der Waals surface area contributed by atoms with Gasteiger partial charge in [-0.15, -0.1) is 0 Å². The SMILES string of the molecule is COc1cncc(-c2cc(C)c3c(n2)C(O)(CCO)N(c2cnn(CC(F)(F)F)c2)C3=O)c1. The van der Waals surface area contributed by atoms with Gasteiger partial charge in [0.05, 0.1) is 36.4 Å². The van der Waals surface area contributed by atoms with E-state index < -0.39 is 31.0 Å². The van der Waals surface area contributed by atoms with Crippen molar-refractivity contribution in [3.63, 3.8) is 0 Å². The topological polar surface area (TPSA) is 114 Å². The first-order valence-electron chi connectivity index (χ1n) is 9.86. The van der Waals surface area contributed by atoms with Crippen LogP contribution >= 0.6 is 0 Å². The molecule has 12 heteroatoms. The van der Waals surface area contributed by atoms with Crippen molar-refractivity contribution in [3.05, 3.63) is 53.7 Å². The average molecular weight is 463 g/mol. The smallest absolute Gasteiger partial charge is 0.408 e. The number of fused-ring (bicyclic) bond motifs is 1. The zero-order chi connectivity index (χ0) is 24.0. The van der Waals surface area contributed by atoms with E-state index in [1.807, 2.05) is 0 Å². The minimum atomic E-state index is -4.51. The van der Waals surface area contributed by atoms with E-state index in [-0.39, 0.29) is 23.4 Å². The Bertz CT molecular complexity index is 1210. The van der Waals surface area contributed by atoms with Crippen molar-refractivity contribution in [1.82, 2.24) is 19.7 Å². The molecule has 3 aromatic heterocycles. The molecule has 0 saturated carbocycles. The van der Waals surface area contributed by atoms with Gasteiger partial charge in [0, 0.05) is 31.0 Å². The summed E-state index contributed by atoms with van der Waals surface area (Å²) in [6.07, 6.45) is 0.290. The Balaban J connectivity index is 1.83. The van der Waals surface area contributed by atoms with Crippen LogP contribution in [0.5, 0.6) is 5.75 Å². The fourth-order valence-corrected chi connectivity index (χ4v) is 3.89. The van der Waals surface area contributed by atoms with Crippen molar-refractivity contribution in [3.8, 4) is 17.0 Å². The van der Waals surface area contributed by atoms with Gasteiger partial charge in [-0.1, -0.05) is 0 Å². The van der Waals surface area contributed by atoms with Crippen molar-refractivity contribution in [2.45, 2.75) is 31.8 Å². The highest BCUT2D eigenvalue weighted by molar-refractivity contribution is 6.12. The van der Waals surface area contributed by atoms with E-state index in [1.165, 1.54) is 19.5 Å². The van der Waals surface area contributed by atoms with Gasteiger partial charge in [-0.25, -0.2) is 4.98 Å². The number of nitrogens with zero attached hydrogens (tertiary/aromatic N) is 5. The Kier molecular flexibility index (Phi) is 5.58. The van der Waals surface area contributed by atoms with Crippen molar-refractivity contribution >= 4 is 11.6 Å². The van der Waals surface area contributed by atoms with Crippen LogP contribution in [-0.2, 0) is 12.3 Å². The highest BCUT2D eigenvalue weighted by atomic mass is 19.4. The number of ether oxygens (including phenoxy) is 1. The number of aliphatic hydroxyl groups is 2. The summed E-state index contributed by atoms with van der Waals surface area (Å²) in [6, 6.07) is 3.32. The molecule has 1 amide bonds. The molecule has 0 radical (unpaired) electrons. The number of pyridine rings is 2. The number of hydrogen-bond donors (Lipinski definition) is 2. The molecular weight excluding hydrogens is 443 g/mol. The molecule has 4 heterocycles. The Morgan fingerprint density at radius 2 is 1.97 bits per heavy atom. The molecule has 0 bridgehead atoms. The monoisotopic (exact) mass is 463 g/mol. The number of alkyl halides is 3. The summed E-state index contributed by atoms with van der Waals surface area (Å²) in [5, 5.41) is 24.8. The summed E-state index contributed by atoms with van der Waals surface area (Å²) in [4.78, 5) is 22.8. The molecule has 33 heavy (non-hydrogen) atoms. The van der Waals surface area contributed by atoms with Gasteiger partial charge in [0.2, 0.25) is 0 Å². The van der Waals surface area contributed by atoms with Crippen LogP contribution in [0.3, 0.4) is 0 Å². The van der Waals surface area contributed by atoms with Gasteiger partial charge in [0.25, 0.3) is 5.91 Å². The molecule has 9 nitrogen and oxygen atoms in total. The molecular formula is C21H20F3N5O4. The minimum Gasteiger partial charge on any atom is -0.495 e. The standard InChI is InChI=1S/C21H20F3N5O4/c1-12-5-16(13-6-15(33-2)9-25-7-13)27-18-17(12)19(31)29(20(18,32)3-4-30)14-8-26-28(10-14)11-21(22,23)24/h5-10,30,32H,3-4,11H2,1-2H3. The van der Waals surface area contributed by atoms with Gasteiger partial charge < -0.3 is 14.9 Å². The third-order valence-electron chi connectivity index (χ3n) is 5.31. The van der Waals surface area contributed by atoms with Gasteiger partial charge in [-0.2, -0.15) is 18.3 Å². The number of carbonyl (C=O) groups excluding carboxylic acids is 1. The van der Waals surface area contributed by atoms with Crippen LogP contribution in [0.4, 0.5) is 18.9 Å². The largest absolute Gasteiger partial charge is 0.495 e. The van der Waals surface area contributed by atoms with Crippen LogP contribution in [0.2, 0.25) is 0 Å². The molecule has 0 aromatic carbocycles. The fraction of sp³-hybridized carbons (Fsp3) is 0.333. The van der Waals surface area contributed by atoms with Crippen LogP contribution in [0.15, 0.2) is 36.9 Å². The second-order valence-electron chi connectivity index (χ2n) is 7.60. The van der Waals surface area contributed by atoms with Crippen LogP contribution in [0.1, 0.15) is 28.0 Å². The maximum Gasteiger partial charge on any atom is 0.408 e. The molecule has 1 aliphatic heterocycles. The second-order valence-corrected chi connectivity index (χ2v) is 7.60. The quantitative estimate of drug-likeness (QED) is 0.577. The van der Waals surface area contributed by atoms with Crippen LogP contribution in [0.25, 0.3) is 11.3 Å². The molecule has 1 aliphatic rings. The lowest BCUT2D eigenvalue weighted by atomic mass is 9.99. The van der Waals surface area contributed by atoms with Crippen molar-refractivity contribution < 1.29 is 32.9 Å². The number of rotatable bonds is 6. The zero-order valence-electron chi connectivity index (χ0n) is 17.7. The summed E-state index contributed by atoms with van der Waals surface area (Å²) < 4.78 is 44.1. The third-order valence-corrected chi connectivity index (χ3v) is 5.31. The number of methoxy groups -OCH3 is 1. The van der Waals surface area contributed by atoms with E-state index in [0.29, 0.717) is 27.3 Å². The van der Waals surface area contributed by atoms with Crippen LogP contribution in [0, 0.1) is 6.92 Å². The molecule has 0 aliphatic carbocycles. The second kappa shape index (κ2) is 8.12. The fourth-order valence-electron chi connectivity index (χ4n) is 3.89.